The van der Waals surface area contributed by atoms with Gasteiger partial charge in [-0.05, 0) is 43.7 Å². The molecule has 0 aliphatic carbocycles. The monoisotopic (exact) mass is 519 g/mol. The Labute approximate surface area is 218 Å². The molecule has 1 amide bonds. The third-order valence-electron chi connectivity index (χ3n) is 5.87. The summed E-state index contributed by atoms with van der Waals surface area (Å²) < 4.78 is 8.06. The van der Waals surface area contributed by atoms with Gasteiger partial charge in [-0.1, -0.05) is 41.4 Å². The Balaban J connectivity index is 1.53. The van der Waals surface area contributed by atoms with E-state index in [1.54, 1.807) is 12.3 Å². The Morgan fingerprint density at radius 3 is 2.75 bits per heavy atom. The van der Waals surface area contributed by atoms with Crippen molar-refractivity contribution >= 4 is 45.8 Å². The Morgan fingerprint density at radius 1 is 1.17 bits per heavy atom. The van der Waals surface area contributed by atoms with E-state index < -0.39 is 0 Å². The van der Waals surface area contributed by atoms with Crippen molar-refractivity contribution in [3.05, 3.63) is 87.9 Å². The second-order valence-corrected chi connectivity index (χ2v) is 9.25. The van der Waals surface area contributed by atoms with Gasteiger partial charge in [0.2, 0.25) is 5.91 Å². The molecule has 2 aromatic carbocycles. The van der Waals surface area contributed by atoms with E-state index in [1.807, 2.05) is 67.3 Å². The summed E-state index contributed by atoms with van der Waals surface area (Å²) >= 11 is 13.4. The van der Waals surface area contributed by atoms with Crippen LogP contribution in [0.3, 0.4) is 0 Å². The minimum Gasteiger partial charge on any atom is -0.487 e. The number of aromatic amines is 1. The number of halogens is 2. The Bertz CT molecular complexity index is 1590. The maximum absolute atomic E-state index is 11.7. The van der Waals surface area contributed by atoms with Crippen LogP contribution in [0.1, 0.15) is 23.7 Å². The van der Waals surface area contributed by atoms with Crippen molar-refractivity contribution < 1.29 is 9.53 Å². The van der Waals surface area contributed by atoms with E-state index in [9.17, 15) is 4.79 Å². The predicted octanol–water partition coefficient (Wildman–Crippen LogP) is 6.88. The maximum Gasteiger partial charge on any atom is 0.222 e. The number of fused-ring (bicyclic) bond motifs is 1. The highest BCUT2D eigenvalue weighted by Gasteiger charge is 2.19. The number of rotatable bonds is 6. The highest BCUT2D eigenvalue weighted by Crippen LogP contribution is 2.40. The first-order valence-electron chi connectivity index (χ1n) is 11.3. The number of H-pyrrole nitrogens is 1. The molecule has 0 atom stereocenters. The molecule has 0 fully saturated rings. The molecule has 0 radical (unpaired) electrons. The van der Waals surface area contributed by atoms with Gasteiger partial charge in [-0.15, -0.1) is 0 Å². The van der Waals surface area contributed by atoms with Gasteiger partial charge < -0.3 is 15.0 Å². The quantitative estimate of drug-likeness (QED) is 0.256. The molecular formula is C27H23Cl2N5O2. The minimum absolute atomic E-state index is 0.135. The number of nitrogens with one attached hydrogen (secondary N) is 2. The first-order valence-corrected chi connectivity index (χ1v) is 12.0. The van der Waals surface area contributed by atoms with Crippen molar-refractivity contribution in [2.24, 2.45) is 0 Å². The second-order valence-electron chi connectivity index (χ2n) is 8.46. The molecule has 7 nitrogen and oxygen atoms in total. The number of anilines is 1. The summed E-state index contributed by atoms with van der Waals surface area (Å²) in [5.74, 6) is 1.01. The van der Waals surface area contributed by atoms with E-state index in [4.69, 9.17) is 32.9 Å². The first kappa shape index (κ1) is 23.9. The fraction of sp³-hybridized carbons (Fsp3) is 0.148. The van der Waals surface area contributed by atoms with Crippen molar-refractivity contribution in [2.75, 3.05) is 5.32 Å². The number of para-hydroxylation sites is 1. The van der Waals surface area contributed by atoms with Crippen molar-refractivity contribution in [2.45, 2.75) is 27.4 Å². The fourth-order valence-corrected chi connectivity index (χ4v) is 4.84. The van der Waals surface area contributed by atoms with Gasteiger partial charge in [-0.3, -0.25) is 4.79 Å². The normalized spacial score (nSPS) is 11.1. The molecular weight excluding hydrogens is 497 g/mol. The van der Waals surface area contributed by atoms with Gasteiger partial charge in [0.05, 0.1) is 10.7 Å². The van der Waals surface area contributed by atoms with Crippen molar-refractivity contribution in [3.8, 4) is 22.6 Å². The molecule has 0 saturated heterocycles. The van der Waals surface area contributed by atoms with Crippen LogP contribution in [0.4, 0.5) is 5.82 Å². The third-order valence-corrected chi connectivity index (χ3v) is 6.65. The zero-order chi connectivity index (χ0) is 25.4. The van der Waals surface area contributed by atoms with E-state index in [0.717, 1.165) is 39.0 Å². The number of carbonyl (C=O) groups is 1. The van der Waals surface area contributed by atoms with Crippen molar-refractivity contribution in [3.63, 3.8) is 0 Å². The number of nitrogens with zero attached hydrogens (tertiary/aromatic N) is 3. The summed E-state index contributed by atoms with van der Waals surface area (Å²) in [7, 11) is 0. The van der Waals surface area contributed by atoms with E-state index >= 15 is 0 Å². The standard InChI is InChI=1S/C27H23Cl2N5O2/c1-15-13-30-27(33-17(3)35)24(15)19-8-9-21(28)20(25(19)29)14-36-23-7-4-6-18-22(34-11-5-10-31-34)12-16(2)32-26(18)23/h4-13,30H,14H2,1-3H3,(H,33,35). The summed E-state index contributed by atoms with van der Waals surface area (Å²) in [5.41, 5.74) is 5.61. The second kappa shape index (κ2) is 9.68. The van der Waals surface area contributed by atoms with Crippen LogP contribution in [0.15, 0.2) is 61.1 Å². The Morgan fingerprint density at radius 2 is 2.00 bits per heavy atom. The van der Waals surface area contributed by atoms with Crippen LogP contribution < -0.4 is 10.1 Å². The van der Waals surface area contributed by atoms with Crippen LogP contribution in [0.2, 0.25) is 10.0 Å². The van der Waals surface area contributed by atoms with Crippen LogP contribution in [0.5, 0.6) is 5.75 Å². The van der Waals surface area contributed by atoms with Gasteiger partial charge in [0.15, 0.2) is 0 Å². The van der Waals surface area contributed by atoms with Gasteiger partial charge >= 0.3 is 0 Å². The number of ether oxygens (including phenoxy) is 1. The zero-order valence-corrected chi connectivity index (χ0v) is 21.4. The van der Waals surface area contributed by atoms with Crippen LogP contribution in [-0.2, 0) is 11.4 Å². The minimum atomic E-state index is -0.181. The lowest BCUT2D eigenvalue weighted by Gasteiger charge is -2.16. The molecule has 36 heavy (non-hydrogen) atoms. The number of benzene rings is 2. The third kappa shape index (κ3) is 4.43. The van der Waals surface area contributed by atoms with Gasteiger partial charge in [0.25, 0.3) is 0 Å². The first-order chi connectivity index (χ1) is 17.3. The summed E-state index contributed by atoms with van der Waals surface area (Å²) in [6.45, 7) is 5.47. The molecule has 0 unspecified atom stereocenters. The molecule has 3 aromatic heterocycles. The summed E-state index contributed by atoms with van der Waals surface area (Å²) in [5, 5.41) is 9.05. The van der Waals surface area contributed by atoms with Crippen molar-refractivity contribution in [1.29, 1.82) is 0 Å². The highest BCUT2D eigenvalue weighted by atomic mass is 35.5. The lowest BCUT2D eigenvalue weighted by Crippen LogP contribution is -2.07. The number of hydrogen-bond acceptors (Lipinski definition) is 4. The molecule has 5 rings (SSSR count). The van der Waals surface area contributed by atoms with E-state index in [0.29, 0.717) is 27.2 Å². The molecule has 3 heterocycles. The van der Waals surface area contributed by atoms with Crippen LogP contribution in [0.25, 0.3) is 27.7 Å². The van der Waals surface area contributed by atoms with Gasteiger partial charge in [0.1, 0.15) is 23.7 Å². The number of amides is 1. The lowest BCUT2D eigenvalue weighted by molar-refractivity contribution is -0.114. The Kier molecular flexibility index (Phi) is 6.43. The number of pyridine rings is 1. The topological polar surface area (TPSA) is 84.8 Å². The number of hydrogen-bond donors (Lipinski definition) is 2. The molecule has 2 N–H and O–H groups in total. The average molecular weight is 520 g/mol. The molecule has 5 aromatic rings. The summed E-state index contributed by atoms with van der Waals surface area (Å²) in [6, 6.07) is 13.3. The fourth-order valence-electron chi connectivity index (χ4n) is 4.26. The molecule has 9 heteroatoms. The number of carbonyl (C=O) groups excluding carboxylic acids is 1. The lowest BCUT2D eigenvalue weighted by atomic mass is 10.0. The maximum atomic E-state index is 11.7. The van der Waals surface area contributed by atoms with E-state index in [1.165, 1.54) is 6.92 Å². The molecule has 0 bridgehead atoms. The van der Waals surface area contributed by atoms with E-state index in [2.05, 4.69) is 15.4 Å². The Hall–Kier alpha value is -3.81. The summed E-state index contributed by atoms with van der Waals surface area (Å²) in [4.78, 5) is 19.5. The van der Waals surface area contributed by atoms with Crippen LogP contribution in [0, 0.1) is 13.8 Å². The van der Waals surface area contributed by atoms with Gasteiger partial charge in [-0.25, -0.2) is 9.67 Å². The molecule has 0 aliphatic heterocycles. The van der Waals surface area contributed by atoms with Gasteiger partial charge in [-0.2, -0.15) is 5.10 Å². The van der Waals surface area contributed by atoms with Crippen molar-refractivity contribution in [1.82, 2.24) is 19.7 Å². The van der Waals surface area contributed by atoms with Crippen LogP contribution in [-0.4, -0.2) is 25.7 Å². The molecule has 0 aliphatic rings. The largest absolute Gasteiger partial charge is 0.487 e. The molecule has 0 spiro atoms. The van der Waals surface area contributed by atoms with Crippen LogP contribution >= 0.6 is 23.2 Å². The SMILES string of the molecule is CC(=O)Nc1[nH]cc(C)c1-c1ccc(Cl)c(COc2cccc3c(-n4cccn4)cc(C)nc23)c1Cl. The predicted molar refractivity (Wildman–Crippen MR) is 143 cm³/mol. The number of aryl methyl sites for hydroxylation is 2. The highest BCUT2D eigenvalue weighted by molar-refractivity contribution is 6.38. The van der Waals surface area contributed by atoms with Gasteiger partial charge in [0, 0.05) is 58.3 Å². The number of aromatic nitrogens is 4. The molecule has 0 saturated carbocycles. The smallest absolute Gasteiger partial charge is 0.222 e. The van der Waals surface area contributed by atoms with E-state index in [-0.39, 0.29) is 12.5 Å². The zero-order valence-electron chi connectivity index (χ0n) is 19.9. The molecule has 182 valence electrons. The average Bonchev–Trinajstić information content (AvgIpc) is 3.49. The summed E-state index contributed by atoms with van der Waals surface area (Å²) in [6.07, 6.45) is 5.45.